The maximum absolute atomic E-state index is 10.3. The molecular weight excluding hydrogens is 394 g/mol. The number of hydrogen-bond donors (Lipinski definition) is 1. The Bertz CT molecular complexity index is 696. The maximum Gasteiger partial charge on any atom is 0.193 e. The molecule has 0 fully saturated rings. The van der Waals surface area contributed by atoms with Gasteiger partial charge < -0.3 is 5.11 Å². The first-order valence-electron chi connectivity index (χ1n) is 5.53. The minimum Gasteiger partial charge on any atom is -0.386 e. The molecule has 0 aliphatic carbocycles. The number of pyridine rings is 1. The molecular formula is C12H9Br2N3OS. The van der Waals surface area contributed by atoms with E-state index < -0.39 is 6.10 Å². The predicted octanol–water partition coefficient (Wildman–Crippen LogP) is 3.59. The van der Waals surface area contributed by atoms with Crippen LogP contribution in [0.4, 0.5) is 0 Å². The largest absolute Gasteiger partial charge is 0.386 e. The fraction of sp³-hybridized carbons (Fsp3) is 0.167. The van der Waals surface area contributed by atoms with Gasteiger partial charge in [0.25, 0.3) is 0 Å². The first-order chi connectivity index (χ1) is 9.13. The molecule has 98 valence electrons. The molecule has 0 aliphatic heterocycles. The zero-order valence-corrected chi connectivity index (χ0v) is 13.6. The van der Waals surface area contributed by atoms with Crippen molar-refractivity contribution >= 4 is 48.2 Å². The zero-order valence-electron chi connectivity index (χ0n) is 9.62. The second kappa shape index (κ2) is 5.32. The SMILES string of the molecule is OC(Cc1cn2ccsc2n1)c1ncc(Br)cc1Br. The van der Waals surface area contributed by atoms with E-state index in [1.807, 2.05) is 28.2 Å². The Kier molecular flexibility index (Phi) is 3.70. The third kappa shape index (κ3) is 2.74. The van der Waals surface area contributed by atoms with Gasteiger partial charge in [-0.15, -0.1) is 11.3 Å². The molecule has 4 nitrogen and oxygen atoms in total. The van der Waals surface area contributed by atoms with E-state index in [0.29, 0.717) is 12.1 Å². The van der Waals surface area contributed by atoms with Gasteiger partial charge in [0, 0.05) is 39.3 Å². The Hall–Kier alpha value is -0.760. The molecule has 1 N–H and O–H groups in total. The fourth-order valence-electron chi connectivity index (χ4n) is 1.84. The lowest BCUT2D eigenvalue weighted by Crippen LogP contribution is -2.05. The minimum absolute atomic E-state index is 0.446. The number of fused-ring (bicyclic) bond motifs is 1. The van der Waals surface area contributed by atoms with Crippen molar-refractivity contribution in [3.8, 4) is 0 Å². The van der Waals surface area contributed by atoms with Crippen molar-refractivity contribution in [1.82, 2.24) is 14.4 Å². The normalized spacial score (nSPS) is 13.0. The van der Waals surface area contributed by atoms with E-state index in [1.165, 1.54) is 0 Å². The quantitative estimate of drug-likeness (QED) is 0.728. The summed E-state index contributed by atoms with van der Waals surface area (Å²) in [6.07, 6.45) is 5.34. The van der Waals surface area contributed by atoms with Gasteiger partial charge in [-0.1, -0.05) is 0 Å². The van der Waals surface area contributed by atoms with Crippen LogP contribution in [0.15, 0.2) is 39.0 Å². The third-order valence-electron chi connectivity index (χ3n) is 2.70. The van der Waals surface area contributed by atoms with E-state index in [2.05, 4.69) is 41.8 Å². The highest BCUT2D eigenvalue weighted by molar-refractivity contribution is 9.11. The van der Waals surface area contributed by atoms with Crippen molar-refractivity contribution in [2.24, 2.45) is 0 Å². The molecule has 0 aromatic carbocycles. The molecule has 19 heavy (non-hydrogen) atoms. The number of rotatable bonds is 3. The average Bonchev–Trinajstić information content (AvgIpc) is 2.89. The van der Waals surface area contributed by atoms with E-state index in [4.69, 9.17) is 0 Å². The fourth-order valence-corrected chi connectivity index (χ4v) is 3.81. The summed E-state index contributed by atoms with van der Waals surface area (Å²) in [4.78, 5) is 9.63. The number of thiazole rings is 1. The molecule has 0 radical (unpaired) electrons. The Balaban J connectivity index is 1.84. The lowest BCUT2D eigenvalue weighted by molar-refractivity contribution is 0.171. The molecule has 0 aliphatic rings. The van der Waals surface area contributed by atoms with Gasteiger partial charge >= 0.3 is 0 Å². The number of aromatic nitrogens is 3. The van der Waals surface area contributed by atoms with Crippen LogP contribution < -0.4 is 0 Å². The highest BCUT2D eigenvalue weighted by atomic mass is 79.9. The summed E-state index contributed by atoms with van der Waals surface area (Å²) in [5, 5.41) is 12.2. The molecule has 3 aromatic rings. The molecule has 0 amide bonds. The zero-order chi connectivity index (χ0) is 13.4. The molecule has 7 heteroatoms. The van der Waals surface area contributed by atoms with Gasteiger partial charge in [0.2, 0.25) is 0 Å². The lowest BCUT2D eigenvalue weighted by Gasteiger charge is -2.10. The summed E-state index contributed by atoms with van der Waals surface area (Å²) in [5.41, 5.74) is 1.48. The highest BCUT2D eigenvalue weighted by Gasteiger charge is 2.16. The summed E-state index contributed by atoms with van der Waals surface area (Å²) in [5.74, 6) is 0. The number of aliphatic hydroxyl groups is 1. The maximum atomic E-state index is 10.3. The molecule has 3 rings (SSSR count). The van der Waals surface area contributed by atoms with Crippen molar-refractivity contribution in [2.45, 2.75) is 12.5 Å². The molecule has 3 heterocycles. The Labute approximate surface area is 130 Å². The average molecular weight is 403 g/mol. The van der Waals surface area contributed by atoms with Crippen LogP contribution in [-0.4, -0.2) is 19.5 Å². The second-order valence-electron chi connectivity index (χ2n) is 4.07. The van der Waals surface area contributed by atoms with Crippen molar-refractivity contribution in [3.63, 3.8) is 0 Å². The van der Waals surface area contributed by atoms with Gasteiger partial charge in [0.15, 0.2) is 4.96 Å². The number of hydrogen-bond acceptors (Lipinski definition) is 4. The standard InChI is InChI=1S/C12H9Br2N3OS/c13-7-3-9(14)11(15-5-7)10(18)4-8-6-17-1-2-19-12(17)16-8/h1-3,5-6,10,18H,4H2. The van der Waals surface area contributed by atoms with E-state index >= 15 is 0 Å². The first-order valence-corrected chi connectivity index (χ1v) is 8.00. The van der Waals surface area contributed by atoms with Crippen molar-refractivity contribution in [2.75, 3.05) is 0 Å². The topological polar surface area (TPSA) is 50.4 Å². The third-order valence-corrected chi connectivity index (χ3v) is 4.54. The van der Waals surface area contributed by atoms with Gasteiger partial charge in [0.1, 0.15) is 6.10 Å². The van der Waals surface area contributed by atoms with Crippen molar-refractivity contribution < 1.29 is 5.11 Å². The highest BCUT2D eigenvalue weighted by Crippen LogP contribution is 2.26. The van der Waals surface area contributed by atoms with Crippen LogP contribution in [0, 0.1) is 0 Å². The number of aliphatic hydroxyl groups excluding tert-OH is 1. The van der Waals surface area contributed by atoms with Gasteiger partial charge in [0.05, 0.1) is 11.4 Å². The lowest BCUT2D eigenvalue weighted by atomic mass is 10.1. The minimum atomic E-state index is -0.674. The van der Waals surface area contributed by atoms with E-state index in [1.54, 1.807) is 17.5 Å². The summed E-state index contributed by atoms with van der Waals surface area (Å²) < 4.78 is 3.62. The molecule has 0 bridgehead atoms. The molecule has 3 aromatic heterocycles. The smallest absolute Gasteiger partial charge is 0.193 e. The second-order valence-corrected chi connectivity index (χ2v) is 6.71. The molecule has 0 saturated carbocycles. The van der Waals surface area contributed by atoms with Crippen LogP contribution in [-0.2, 0) is 6.42 Å². The Morgan fingerprint density at radius 1 is 1.42 bits per heavy atom. The van der Waals surface area contributed by atoms with Crippen LogP contribution in [0.25, 0.3) is 4.96 Å². The van der Waals surface area contributed by atoms with Crippen LogP contribution in [0.3, 0.4) is 0 Å². The van der Waals surface area contributed by atoms with Crippen molar-refractivity contribution in [1.29, 1.82) is 0 Å². The van der Waals surface area contributed by atoms with E-state index in [-0.39, 0.29) is 0 Å². The predicted molar refractivity (Wildman–Crippen MR) is 81.4 cm³/mol. The van der Waals surface area contributed by atoms with Gasteiger partial charge in [-0.25, -0.2) is 4.98 Å². The Morgan fingerprint density at radius 2 is 2.26 bits per heavy atom. The Morgan fingerprint density at radius 3 is 3.00 bits per heavy atom. The van der Waals surface area contributed by atoms with Gasteiger partial charge in [-0.2, -0.15) is 0 Å². The first kappa shape index (κ1) is 13.2. The van der Waals surface area contributed by atoms with E-state index in [9.17, 15) is 5.11 Å². The van der Waals surface area contributed by atoms with Gasteiger partial charge in [-0.3, -0.25) is 9.38 Å². The van der Waals surface area contributed by atoms with Gasteiger partial charge in [-0.05, 0) is 37.9 Å². The molecule has 0 spiro atoms. The molecule has 0 saturated heterocycles. The van der Waals surface area contributed by atoms with Crippen LogP contribution in [0.1, 0.15) is 17.5 Å². The molecule has 1 unspecified atom stereocenters. The van der Waals surface area contributed by atoms with Crippen LogP contribution in [0.5, 0.6) is 0 Å². The van der Waals surface area contributed by atoms with E-state index in [0.717, 1.165) is 19.6 Å². The number of imidazole rings is 1. The number of halogens is 2. The number of nitrogens with zero attached hydrogens (tertiary/aromatic N) is 3. The summed E-state index contributed by atoms with van der Waals surface area (Å²) in [6, 6.07) is 1.87. The summed E-state index contributed by atoms with van der Waals surface area (Å²) >= 11 is 8.33. The van der Waals surface area contributed by atoms with Crippen LogP contribution in [0.2, 0.25) is 0 Å². The summed E-state index contributed by atoms with van der Waals surface area (Å²) in [7, 11) is 0. The van der Waals surface area contributed by atoms with Crippen LogP contribution >= 0.6 is 43.2 Å². The summed E-state index contributed by atoms with van der Waals surface area (Å²) in [6.45, 7) is 0. The monoisotopic (exact) mass is 401 g/mol. The van der Waals surface area contributed by atoms with Crippen molar-refractivity contribution in [3.05, 3.63) is 50.4 Å². The molecule has 1 atom stereocenters.